The lowest BCUT2D eigenvalue weighted by molar-refractivity contribution is 1.02. The molecule has 5 heteroatoms. The number of pyridine rings is 1. The molecule has 0 spiro atoms. The summed E-state index contributed by atoms with van der Waals surface area (Å²) in [5.74, 6) is 0. The van der Waals surface area contributed by atoms with Gasteiger partial charge in [0, 0.05) is 22.8 Å². The van der Waals surface area contributed by atoms with Crippen LogP contribution in [0.5, 0.6) is 0 Å². The molecule has 0 atom stereocenters. The second kappa shape index (κ2) is 4.95. The van der Waals surface area contributed by atoms with E-state index in [9.17, 15) is 4.79 Å². The van der Waals surface area contributed by atoms with Crippen molar-refractivity contribution in [3.8, 4) is 11.1 Å². The minimum absolute atomic E-state index is 0.254. The summed E-state index contributed by atoms with van der Waals surface area (Å²) in [6.07, 6.45) is 1.83. The average Bonchev–Trinajstić information content (AvgIpc) is 3.00. The van der Waals surface area contributed by atoms with E-state index in [0.717, 1.165) is 32.7 Å². The van der Waals surface area contributed by atoms with Gasteiger partial charge in [-0.3, -0.25) is 0 Å². The van der Waals surface area contributed by atoms with Crippen molar-refractivity contribution in [3.63, 3.8) is 0 Å². The Morgan fingerprint density at radius 1 is 0.920 bits per heavy atom. The summed E-state index contributed by atoms with van der Waals surface area (Å²) in [5, 5.41) is 11.0. The Hall–Kier alpha value is -3.60. The number of H-pyrrole nitrogens is 1. The lowest BCUT2D eigenvalue weighted by atomic mass is 9.97. The summed E-state index contributed by atoms with van der Waals surface area (Å²) in [4.78, 5) is 12.2. The third kappa shape index (κ3) is 2.03. The van der Waals surface area contributed by atoms with Crippen LogP contribution >= 0.6 is 0 Å². The first-order valence-corrected chi connectivity index (χ1v) is 7.99. The molecule has 3 aromatic carbocycles. The molecule has 120 valence electrons. The molecule has 2 heterocycles. The van der Waals surface area contributed by atoms with Gasteiger partial charge < -0.3 is 5.73 Å². The first-order chi connectivity index (χ1) is 12.2. The minimum atomic E-state index is -0.254. The largest absolute Gasteiger partial charge is 0.399 e. The maximum atomic E-state index is 12.2. The third-order valence-electron chi connectivity index (χ3n) is 4.58. The molecule has 0 fully saturated rings. The normalized spacial score (nSPS) is 11.5. The van der Waals surface area contributed by atoms with Gasteiger partial charge in [0.05, 0.1) is 0 Å². The molecule has 0 saturated carbocycles. The van der Waals surface area contributed by atoms with E-state index < -0.39 is 0 Å². The lowest BCUT2D eigenvalue weighted by Gasteiger charge is -2.10. The number of hydrogen-bond donors (Lipinski definition) is 2. The number of aromatic nitrogens is 3. The average molecular weight is 326 g/mol. The lowest BCUT2D eigenvalue weighted by Crippen LogP contribution is -2.09. The number of nitrogens with one attached hydrogen (secondary N) is 1. The molecule has 2 aromatic heterocycles. The molecule has 3 N–H and O–H groups in total. The van der Waals surface area contributed by atoms with Crippen LogP contribution in [0.1, 0.15) is 0 Å². The predicted molar refractivity (Wildman–Crippen MR) is 101 cm³/mol. The van der Waals surface area contributed by atoms with E-state index in [2.05, 4.69) is 34.5 Å². The topological polar surface area (TPSA) is 76.2 Å². The van der Waals surface area contributed by atoms with Crippen molar-refractivity contribution in [2.45, 2.75) is 0 Å². The number of hydrogen-bond acceptors (Lipinski definition) is 3. The van der Waals surface area contributed by atoms with E-state index in [0.29, 0.717) is 11.3 Å². The smallest absolute Gasteiger partial charge is 0.347 e. The SMILES string of the molecule is Nc1cccc(-c2cn3c(=O)[nH]nc3c3cc4ccccc4cc23)c1. The zero-order valence-electron chi connectivity index (χ0n) is 13.2. The first-order valence-electron chi connectivity index (χ1n) is 7.99. The van der Waals surface area contributed by atoms with Gasteiger partial charge in [-0.2, -0.15) is 5.10 Å². The second-order valence-corrected chi connectivity index (χ2v) is 6.14. The molecule has 0 amide bonds. The Kier molecular flexibility index (Phi) is 2.73. The van der Waals surface area contributed by atoms with E-state index in [4.69, 9.17) is 5.73 Å². The Balaban J connectivity index is 2.02. The summed E-state index contributed by atoms with van der Waals surface area (Å²) >= 11 is 0. The van der Waals surface area contributed by atoms with Crippen molar-refractivity contribution < 1.29 is 0 Å². The summed E-state index contributed by atoms with van der Waals surface area (Å²) in [6, 6.07) is 20.1. The number of nitrogen functional groups attached to an aromatic ring is 1. The summed E-state index contributed by atoms with van der Waals surface area (Å²) < 4.78 is 1.55. The van der Waals surface area contributed by atoms with Crippen LogP contribution in [0.25, 0.3) is 38.3 Å². The van der Waals surface area contributed by atoms with Crippen LogP contribution in [0.15, 0.2) is 71.7 Å². The molecule has 5 nitrogen and oxygen atoms in total. The van der Waals surface area contributed by atoms with Crippen molar-refractivity contribution in [3.05, 3.63) is 77.3 Å². The van der Waals surface area contributed by atoms with Gasteiger partial charge in [0.1, 0.15) is 0 Å². The van der Waals surface area contributed by atoms with Crippen LogP contribution in [0.4, 0.5) is 5.69 Å². The molecule has 25 heavy (non-hydrogen) atoms. The fraction of sp³-hybridized carbons (Fsp3) is 0. The molecular formula is C20H14N4O. The summed E-state index contributed by atoms with van der Waals surface area (Å²) in [5.41, 5.74) is 8.94. The Labute approximate surface area is 142 Å². The monoisotopic (exact) mass is 326 g/mol. The highest BCUT2D eigenvalue weighted by atomic mass is 16.1. The van der Waals surface area contributed by atoms with E-state index in [1.54, 1.807) is 4.40 Å². The van der Waals surface area contributed by atoms with Gasteiger partial charge in [-0.15, -0.1) is 0 Å². The fourth-order valence-electron chi connectivity index (χ4n) is 3.40. The van der Waals surface area contributed by atoms with Crippen LogP contribution in [-0.4, -0.2) is 14.6 Å². The molecule has 5 rings (SSSR count). The number of nitrogens with zero attached hydrogens (tertiary/aromatic N) is 2. The Morgan fingerprint density at radius 3 is 2.44 bits per heavy atom. The van der Waals surface area contributed by atoms with Crippen molar-refractivity contribution in [2.75, 3.05) is 5.73 Å². The van der Waals surface area contributed by atoms with Gasteiger partial charge in [-0.1, -0.05) is 36.4 Å². The van der Waals surface area contributed by atoms with Crippen molar-refractivity contribution in [1.82, 2.24) is 14.6 Å². The van der Waals surface area contributed by atoms with Crippen molar-refractivity contribution in [1.29, 1.82) is 0 Å². The maximum Gasteiger partial charge on any atom is 0.347 e. The number of aromatic amines is 1. The number of rotatable bonds is 1. The molecular weight excluding hydrogens is 312 g/mol. The minimum Gasteiger partial charge on any atom is -0.399 e. The summed E-state index contributed by atoms with van der Waals surface area (Å²) in [6.45, 7) is 0. The van der Waals surface area contributed by atoms with Gasteiger partial charge in [0.25, 0.3) is 0 Å². The van der Waals surface area contributed by atoms with Gasteiger partial charge >= 0.3 is 5.69 Å². The highest BCUT2D eigenvalue weighted by Crippen LogP contribution is 2.33. The zero-order chi connectivity index (χ0) is 17.0. The first kappa shape index (κ1) is 13.8. The quantitative estimate of drug-likeness (QED) is 0.365. The van der Waals surface area contributed by atoms with Gasteiger partial charge in [-0.05, 0) is 46.0 Å². The van der Waals surface area contributed by atoms with Crippen LogP contribution in [0, 0.1) is 0 Å². The van der Waals surface area contributed by atoms with Crippen LogP contribution in [0.2, 0.25) is 0 Å². The maximum absolute atomic E-state index is 12.2. The molecule has 0 radical (unpaired) electrons. The predicted octanol–water partition coefficient (Wildman–Crippen LogP) is 3.58. The van der Waals surface area contributed by atoms with Crippen molar-refractivity contribution >= 4 is 32.9 Å². The van der Waals surface area contributed by atoms with E-state index in [1.165, 1.54) is 0 Å². The Bertz CT molecular complexity index is 1330. The molecule has 0 aliphatic rings. The third-order valence-corrected chi connectivity index (χ3v) is 4.58. The molecule has 0 bridgehead atoms. The van der Waals surface area contributed by atoms with Gasteiger partial charge in [0.2, 0.25) is 0 Å². The molecule has 0 aliphatic heterocycles. The van der Waals surface area contributed by atoms with Crippen LogP contribution in [-0.2, 0) is 0 Å². The molecule has 0 aliphatic carbocycles. The standard InChI is InChI=1S/C20H14N4O/c21-15-7-3-6-14(8-15)18-11-24-19(22-23-20(24)25)17-10-13-5-2-1-4-12(13)9-16(17)18/h1-11H,21H2,(H,23,25). The number of anilines is 1. The fourth-order valence-corrected chi connectivity index (χ4v) is 3.40. The Morgan fingerprint density at radius 2 is 1.68 bits per heavy atom. The highest BCUT2D eigenvalue weighted by Gasteiger charge is 2.13. The molecule has 0 saturated heterocycles. The molecule has 0 unspecified atom stereocenters. The van der Waals surface area contributed by atoms with Crippen LogP contribution < -0.4 is 11.4 Å². The number of benzene rings is 3. The van der Waals surface area contributed by atoms with E-state index >= 15 is 0 Å². The van der Waals surface area contributed by atoms with E-state index in [-0.39, 0.29) is 5.69 Å². The number of fused-ring (bicyclic) bond motifs is 4. The van der Waals surface area contributed by atoms with Crippen molar-refractivity contribution in [2.24, 2.45) is 0 Å². The second-order valence-electron chi connectivity index (χ2n) is 6.14. The van der Waals surface area contributed by atoms with Gasteiger partial charge in [0.15, 0.2) is 5.65 Å². The van der Waals surface area contributed by atoms with Crippen LogP contribution in [0.3, 0.4) is 0 Å². The zero-order valence-corrected chi connectivity index (χ0v) is 13.2. The number of nitrogens with two attached hydrogens (primary N) is 1. The van der Waals surface area contributed by atoms with Gasteiger partial charge in [-0.25, -0.2) is 14.3 Å². The summed E-state index contributed by atoms with van der Waals surface area (Å²) in [7, 11) is 0. The highest BCUT2D eigenvalue weighted by molar-refractivity contribution is 6.09. The van der Waals surface area contributed by atoms with E-state index in [1.807, 2.05) is 42.6 Å². The molecule has 5 aromatic rings.